The van der Waals surface area contributed by atoms with E-state index < -0.39 is 5.60 Å². The zero-order valence-electron chi connectivity index (χ0n) is 13.4. The molecule has 0 aliphatic heterocycles. The lowest BCUT2D eigenvalue weighted by Gasteiger charge is -2.59. The Labute approximate surface area is 124 Å². The summed E-state index contributed by atoms with van der Waals surface area (Å²) in [6.07, 6.45) is 12.5. The van der Waals surface area contributed by atoms with E-state index in [4.69, 9.17) is 0 Å². The molecular weight excluding hydrogens is 244 g/mol. The van der Waals surface area contributed by atoms with Crippen molar-refractivity contribution in [3.8, 4) is 0 Å². The molecule has 2 unspecified atom stereocenters. The summed E-state index contributed by atoms with van der Waals surface area (Å²) in [5.41, 5.74) is 1.73. The normalized spacial score (nSPS) is 46.9. The zero-order chi connectivity index (χ0) is 14.6. The average molecular weight is 274 g/mol. The van der Waals surface area contributed by atoms with Crippen molar-refractivity contribution in [2.24, 2.45) is 22.7 Å². The van der Waals surface area contributed by atoms with E-state index in [0.717, 1.165) is 18.8 Å². The Morgan fingerprint density at radius 1 is 1.20 bits per heavy atom. The fourth-order valence-electron chi connectivity index (χ4n) is 5.83. The van der Waals surface area contributed by atoms with Gasteiger partial charge in [-0.3, -0.25) is 0 Å². The molecular formula is C19H30O. The number of hydrogen-bond acceptors (Lipinski definition) is 1. The van der Waals surface area contributed by atoms with Crippen LogP contribution in [0.3, 0.4) is 0 Å². The largest absolute Gasteiger partial charge is 0.382 e. The highest BCUT2D eigenvalue weighted by atomic mass is 16.3. The van der Waals surface area contributed by atoms with Crippen molar-refractivity contribution in [3.63, 3.8) is 0 Å². The molecule has 4 atom stereocenters. The summed E-state index contributed by atoms with van der Waals surface area (Å²) in [4.78, 5) is 0. The second kappa shape index (κ2) is 4.47. The van der Waals surface area contributed by atoms with E-state index in [1.54, 1.807) is 6.08 Å². The molecule has 0 bridgehead atoms. The Balaban J connectivity index is 1.97. The summed E-state index contributed by atoms with van der Waals surface area (Å²) in [7, 11) is 0. The van der Waals surface area contributed by atoms with Crippen LogP contribution in [0.5, 0.6) is 0 Å². The van der Waals surface area contributed by atoms with Crippen molar-refractivity contribution in [1.82, 2.24) is 0 Å². The molecule has 0 aromatic heterocycles. The topological polar surface area (TPSA) is 20.2 Å². The van der Waals surface area contributed by atoms with Crippen LogP contribution >= 0.6 is 0 Å². The molecule has 20 heavy (non-hydrogen) atoms. The maximum Gasteiger partial charge on any atom is 0.101 e. The molecule has 0 saturated heterocycles. The predicted octanol–water partition coefficient (Wildman–Crippen LogP) is 4.87. The lowest BCUT2D eigenvalue weighted by molar-refractivity contribution is -0.0629. The average Bonchev–Trinajstić information content (AvgIpc) is 2.37. The van der Waals surface area contributed by atoms with Crippen LogP contribution in [0.25, 0.3) is 0 Å². The molecule has 1 N–H and O–H groups in total. The predicted molar refractivity (Wildman–Crippen MR) is 84.4 cm³/mol. The van der Waals surface area contributed by atoms with Crippen molar-refractivity contribution in [2.75, 3.05) is 0 Å². The monoisotopic (exact) mass is 274 g/mol. The van der Waals surface area contributed by atoms with Gasteiger partial charge in [0.05, 0.1) is 0 Å². The standard InChI is InChI=1S/C19H30O/c1-5-19(20)12-9-15-14(13-19)7-8-16-17(2,3)10-6-11-18(15,16)4/h5,13,15-16,20H,1,6-12H2,2-4H3/t15?,16?,18-,19+/m1/s1. The van der Waals surface area contributed by atoms with Gasteiger partial charge in [-0.25, -0.2) is 0 Å². The first-order chi connectivity index (χ1) is 9.31. The SMILES string of the molecule is C=C[C@@]1(O)C=C2CCC3C(C)(C)CCC[C@]3(C)C2CC1. The van der Waals surface area contributed by atoms with Gasteiger partial charge in [-0.05, 0) is 67.3 Å². The maximum absolute atomic E-state index is 10.5. The molecule has 2 fully saturated rings. The van der Waals surface area contributed by atoms with E-state index in [0.29, 0.717) is 16.7 Å². The molecule has 3 aliphatic carbocycles. The van der Waals surface area contributed by atoms with E-state index >= 15 is 0 Å². The van der Waals surface area contributed by atoms with Crippen LogP contribution in [0.2, 0.25) is 0 Å². The van der Waals surface area contributed by atoms with Crippen LogP contribution in [0.1, 0.15) is 65.7 Å². The third kappa shape index (κ3) is 2.01. The number of hydrogen-bond donors (Lipinski definition) is 1. The molecule has 0 radical (unpaired) electrons. The Kier molecular flexibility index (Phi) is 3.21. The quantitative estimate of drug-likeness (QED) is 0.677. The Morgan fingerprint density at radius 2 is 1.95 bits per heavy atom. The van der Waals surface area contributed by atoms with E-state index in [9.17, 15) is 5.11 Å². The van der Waals surface area contributed by atoms with Crippen LogP contribution < -0.4 is 0 Å². The third-order valence-corrected chi connectivity index (χ3v) is 6.86. The molecule has 112 valence electrons. The van der Waals surface area contributed by atoms with Gasteiger partial charge in [-0.15, -0.1) is 0 Å². The minimum absolute atomic E-state index is 0.453. The third-order valence-electron chi connectivity index (χ3n) is 6.86. The van der Waals surface area contributed by atoms with Crippen LogP contribution in [-0.4, -0.2) is 10.7 Å². The molecule has 1 heteroatoms. The Bertz CT molecular complexity index is 447. The highest BCUT2D eigenvalue weighted by Gasteiger charge is 2.54. The lowest BCUT2D eigenvalue weighted by atomic mass is 9.46. The van der Waals surface area contributed by atoms with Gasteiger partial charge in [0.2, 0.25) is 0 Å². The second-order valence-electron chi connectivity index (χ2n) is 8.45. The Morgan fingerprint density at radius 3 is 2.65 bits per heavy atom. The van der Waals surface area contributed by atoms with Gasteiger partial charge >= 0.3 is 0 Å². The first-order valence-electron chi connectivity index (χ1n) is 8.38. The minimum atomic E-state index is -0.737. The Hall–Kier alpha value is -0.560. The number of allylic oxidation sites excluding steroid dienone is 1. The zero-order valence-corrected chi connectivity index (χ0v) is 13.4. The highest BCUT2D eigenvalue weighted by Crippen LogP contribution is 2.63. The van der Waals surface area contributed by atoms with Crippen molar-refractivity contribution in [1.29, 1.82) is 0 Å². The van der Waals surface area contributed by atoms with Crippen LogP contribution in [-0.2, 0) is 0 Å². The molecule has 1 nitrogen and oxygen atoms in total. The van der Waals surface area contributed by atoms with Gasteiger partial charge in [0.1, 0.15) is 5.60 Å². The lowest BCUT2D eigenvalue weighted by Crippen LogP contribution is -2.51. The molecule has 0 spiro atoms. The molecule has 0 aromatic rings. The van der Waals surface area contributed by atoms with E-state index in [-0.39, 0.29) is 0 Å². The molecule has 3 aliphatic rings. The number of rotatable bonds is 1. The minimum Gasteiger partial charge on any atom is -0.382 e. The number of aliphatic hydroxyl groups is 1. The number of fused-ring (bicyclic) bond motifs is 3. The molecule has 0 aromatic carbocycles. The van der Waals surface area contributed by atoms with E-state index in [2.05, 4.69) is 33.4 Å². The maximum atomic E-state index is 10.5. The first-order valence-corrected chi connectivity index (χ1v) is 8.38. The molecule has 3 rings (SSSR count). The summed E-state index contributed by atoms with van der Waals surface area (Å²) in [6, 6.07) is 0. The molecule has 2 saturated carbocycles. The van der Waals surface area contributed by atoms with E-state index in [1.807, 2.05) is 0 Å². The first kappa shape index (κ1) is 14.4. The van der Waals surface area contributed by atoms with Gasteiger partial charge in [0, 0.05) is 0 Å². The van der Waals surface area contributed by atoms with Crippen LogP contribution in [0.4, 0.5) is 0 Å². The smallest absolute Gasteiger partial charge is 0.101 e. The summed E-state index contributed by atoms with van der Waals surface area (Å²) < 4.78 is 0. The van der Waals surface area contributed by atoms with Gasteiger partial charge in [0.25, 0.3) is 0 Å². The van der Waals surface area contributed by atoms with Crippen molar-refractivity contribution >= 4 is 0 Å². The summed E-state index contributed by atoms with van der Waals surface area (Å²) in [5, 5.41) is 10.5. The summed E-state index contributed by atoms with van der Waals surface area (Å²) in [6.45, 7) is 11.3. The summed E-state index contributed by atoms with van der Waals surface area (Å²) in [5.74, 6) is 1.54. The van der Waals surface area contributed by atoms with Gasteiger partial charge in [-0.1, -0.05) is 45.4 Å². The summed E-state index contributed by atoms with van der Waals surface area (Å²) >= 11 is 0. The van der Waals surface area contributed by atoms with Gasteiger partial charge in [0.15, 0.2) is 0 Å². The van der Waals surface area contributed by atoms with Gasteiger partial charge in [-0.2, -0.15) is 0 Å². The van der Waals surface area contributed by atoms with Crippen LogP contribution in [0, 0.1) is 22.7 Å². The van der Waals surface area contributed by atoms with E-state index in [1.165, 1.54) is 37.7 Å². The molecule has 0 heterocycles. The highest BCUT2D eigenvalue weighted by molar-refractivity contribution is 5.28. The fourth-order valence-corrected chi connectivity index (χ4v) is 5.83. The van der Waals surface area contributed by atoms with Crippen molar-refractivity contribution < 1.29 is 5.11 Å². The fraction of sp³-hybridized carbons (Fsp3) is 0.789. The van der Waals surface area contributed by atoms with Crippen molar-refractivity contribution in [3.05, 3.63) is 24.3 Å². The second-order valence-corrected chi connectivity index (χ2v) is 8.45. The molecule has 0 amide bonds. The van der Waals surface area contributed by atoms with Crippen molar-refractivity contribution in [2.45, 2.75) is 71.3 Å². The van der Waals surface area contributed by atoms with Crippen LogP contribution in [0.15, 0.2) is 24.3 Å². The van der Waals surface area contributed by atoms with Gasteiger partial charge < -0.3 is 5.11 Å².